The Kier molecular flexibility index (Phi) is 4.25. The van der Waals surface area contributed by atoms with E-state index in [0.717, 1.165) is 16.6 Å². The Balaban J connectivity index is 1.87. The molecule has 2 N–H and O–H groups in total. The largest absolute Gasteiger partial charge is 0.506 e. The Labute approximate surface area is 147 Å². The number of amides is 1. The van der Waals surface area contributed by atoms with Gasteiger partial charge in [0.15, 0.2) is 0 Å². The van der Waals surface area contributed by atoms with E-state index < -0.39 is 6.04 Å². The van der Waals surface area contributed by atoms with E-state index >= 15 is 0 Å². The van der Waals surface area contributed by atoms with Gasteiger partial charge in [0.2, 0.25) is 5.91 Å². The lowest BCUT2D eigenvalue weighted by atomic mass is 9.87. The molecule has 2 aromatic carbocycles. The molecule has 0 bridgehead atoms. The lowest BCUT2D eigenvalue weighted by Gasteiger charge is -2.21. The van der Waals surface area contributed by atoms with Crippen LogP contribution in [0.2, 0.25) is 0 Å². The fourth-order valence-electron chi connectivity index (χ4n) is 2.75. The lowest BCUT2D eigenvalue weighted by molar-refractivity contribution is -0.118. The third-order valence-corrected chi connectivity index (χ3v) is 4.40. The Hall–Kier alpha value is -2.82. The molecule has 0 fully saturated rings. The van der Waals surface area contributed by atoms with Gasteiger partial charge in [-0.05, 0) is 42.2 Å². The van der Waals surface area contributed by atoms with Crippen molar-refractivity contribution in [3.05, 3.63) is 54.4 Å². The molecule has 1 atom stereocenters. The van der Waals surface area contributed by atoms with Crippen molar-refractivity contribution in [1.29, 1.82) is 0 Å². The molecule has 0 saturated heterocycles. The number of phenols is 1. The van der Waals surface area contributed by atoms with Crippen LogP contribution in [0.25, 0.3) is 11.0 Å². The summed E-state index contributed by atoms with van der Waals surface area (Å²) in [4.78, 5) is 17.0. The van der Waals surface area contributed by atoms with Gasteiger partial charge >= 0.3 is 0 Å². The molecular weight excluding hydrogens is 314 g/mol. The van der Waals surface area contributed by atoms with Crippen molar-refractivity contribution in [3.63, 3.8) is 0 Å². The predicted molar refractivity (Wildman–Crippen MR) is 99.9 cm³/mol. The number of nitrogens with zero attached hydrogens (tertiary/aromatic N) is 2. The van der Waals surface area contributed by atoms with Crippen LogP contribution in [0.5, 0.6) is 5.75 Å². The van der Waals surface area contributed by atoms with E-state index in [4.69, 9.17) is 0 Å². The number of hydrogen-bond donors (Lipinski definition) is 2. The summed E-state index contributed by atoms with van der Waals surface area (Å²) < 4.78 is 1.83. The number of rotatable bonds is 3. The molecule has 0 radical (unpaired) electrons. The highest BCUT2D eigenvalue weighted by atomic mass is 16.3. The number of carbonyl (C=O) groups is 1. The summed E-state index contributed by atoms with van der Waals surface area (Å²) >= 11 is 0. The molecule has 5 heteroatoms. The van der Waals surface area contributed by atoms with E-state index in [9.17, 15) is 9.90 Å². The highest BCUT2D eigenvalue weighted by Crippen LogP contribution is 2.31. The zero-order valence-electron chi connectivity index (χ0n) is 14.9. The number of nitrogens with one attached hydrogen (secondary N) is 1. The number of para-hydroxylation sites is 2. The van der Waals surface area contributed by atoms with E-state index in [1.165, 1.54) is 0 Å². The maximum absolute atomic E-state index is 12.7. The van der Waals surface area contributed by atoms with Crippen LogP contribution in [0.3, 0.4) is 0 Å². The maximum Gasteiger partial charge on any atom is 0.247 e. The molecule has 1 aromatic heterocycles. The summed E-state index contributed by atoms with van der Waals surface area (Å²) in [5.41, 5.74) is 3.15. The monoisotopic (exact) mass is 337 g/mol. The minimum absolute atomic E-state index is 0.0593. The third-order valence-electron chi connectivity index (χ3n) is 4.40. The van der Waals surface area contributed by atoms with Crippen molar-refractivity contribution in [2.45, 2.75) is 39.2 Å². The Morgan fingerprint density at radius 1 is 1.20 bits per heavy atom. The highest BCUT2D eigenvalue weighted by Gasteiger charge is 2.20. The van der Waals surface area contributed by atoms with E-state index in [-0.39, 0.29) is 17.1 Å². The van der Waals surface area contributed by atoms with Crippen LogP contribution < -0.4 is 5.32 Å². The first-order valence-corrected chi connectivity index (χ1v) is 8.33. The Bertz CT molecular complexity index is 922. The summed E-state index contributed by atoms with van der Waals surface area (Å²) in [6.07, 6.45) is 1.67. The smallest absolute Gasteiger partial charge is 0.247 e. The van der Waals surface area contributed by atoms with Crippen molar-refractivity contribution in [1.82, 2.24) is 9.55 Å². The van der Waals surface area contributed by atoms with Gasteiger partial charge in [0.1, 0.15) is 11.8 Å². The molecule has 25 heavy (non-hydrogen) atoms. The highest BCUT2D eigenvalue weighted by molar-refractivity contribution is 5.95. The topological polar surface area (TPSA) is 67.2 Å². The fraction of sp³-hybridized carbons (Fsp3) is 0.300. The van der Waals surface area contributed by atoms with Crippen LogP contribution in [-0.2, 0) is 10.2 Å². The summed E-state index contributed by atoms with van der Waals surface area (Å²) in [5, 5.41) is 12.9. The lowest BCUT2D eigenvalue weighted by Crippen LogP contribution is -2.23. The zero-order valence-corrected chi connectivity index (χ0v) is 14.9. The number of anilines is 1. The van der Waals surface area contributed by atoms with Gasteiger partial charge in [-0.25, -0.2) is 4.98 Å². The first kappa shape index (κ1) is 17.0. The second-order valence-electron chi connectivity index (χ2n) is 7.29. The summed E-state index contributed by atoms with van der Waals surface area (Å²) in [7, 11) is 0. The quantitative estimate of drug-likeness (QED) is 0.703. The van der Waals surface area contributed by atoms with Crippen molar-refractivity contribution < 1.29 is 9.90 Å². The van der Waals surface area contributed by atoms with Gasteiger partial charge in [-0.3, -0.25) is 4.79 Å². The van der Waals surface area contributed by atoms with Gasteiger partial charge in [-0.2, -0.15) is 0 Å². The van der Waals surface area contributed by atoms with Gasteiger partial charge in [-0.1, -0.05) is 39.0 Å². The molecule has 3 rings (SSSR count). The Morgan fingerprint density at radius 2 is 1.92 bits per heavy atom. The molecular formula is C20H23N3O2. The van der Waals surface area contributed by atoms with Crippen LogP contribution in [0.4, 0.5) is 5.69 Å². The normalized spacial score (nSPS) is 13.0. The van der Waals surface area contributed by atoms with Gasteiger partial charge in [-0.15, -0.1) is 0 Å². The zero-order chi connectivity index (χ0) is 18.2. The first-order chi connectivity index (χ1) is 11.8. The molecule has 1 unspecified atom stereocenters. The molecule has 1 amide bonds. The summed E-state index contributed by atoms with van der Waals surface area (Å²) in [6.45, 7) is 8.08. The number of fused-ring (bicyclic) bond motifs is 1. The van der Waals surface area contributed by atoms with Crippen LogP contribution in [0.15, 0.2) is 48.8 Å². The number of benzene rings is 2. The molecule has 5 nitrogen and oxygen atoms in total. The molecule has 0 aliphatic rings. The van der Waals surface area contributed by atoms with Crippen LogP contribution >= 0.6 is 0 Å². The van der Waals surface area contributed by atoms with E-state index in [1.807, 2.05) is 47.9 Å². The summed E-state index contributed by atoms with van der Waals surface area (Å²) in [5.74, 6) is -0.145. The second kappa shape index (κ2) is 6.24. The maximum atomic E-state index is 12.7. The van der Waals surface area contributed by atoms with Gasteiger partial charge in [0.25, 0.3) is 0 Å². The minimum atomic E-state index is -0.454. The number of hydrogen-bond acceptors (Lipinski definition) is 3. The van der Waals surface area contributed by atoms with Crippen LogP contribution in [0, 0.1) is 0 Å². The molecule has 0 aliphatic carbocycles. The van der Waals surface area contributed by atoms with Crippen LogP contribution in [0.1, 0.15) is 39.3 Å². The van der Waals surface area contributed by atoms with Gasteiger partial charge < -0.3 is 15.0 Å². The SMILES string of the molecule is CC(C(=O)Nc1cc(C(C)(C)C)ccc1O)n1cnc2ccccc21. The van der Waals surface area contributed by atoms with Crippen molar-refractivity contribution in [2.24, 2.45) is 0 Å². The number of aromatic hydroxyl groups is 1. The number of aromatic nitrogens is 2. The van der Waals surface area contributed by atoms with Crippen LogP contribution in [-0.4, -0.2) is 20.6 Å². The third kappa shape index (κ3) is 3.36. The molecule has 3 aromatic rings. The van der Waals surface area contributed by atoms with E-state index in [1.54, 1.807) is 12.4 Å². The van der Waals surface area contributed by atoms with Gasteiger partial charge in [0, 0.05) is 0 Å². The van der Waals surface area contributed by atoms with E-state index in [2.05, 4.69) is 31.1 Å². The number of carbonyl (C=O) groups excluding carboxylic acids is 1. The second-order valence-corrected chi connectivity index (χ2v) is 7.29. The molecule has 0 spiro atoms. The standard InChI is InChI=1S/C20H23N3O2/c1-13(23-12-21-15-7-5-6-8-17(15)23)19(25)22-16-11-14(20(2,3)4)9-10-18(16)24/h5-13,24H,1-4H3,(H,22,25). The predicted octanol–water partition coefficient (Wildman–Crippen LogP) is 4.24. The molecule has 130 valence electrons. The minimum Gasteiger partial charge on any atom is -0.506 e. The average Bonchev–Trinajstić information content (AvgIpc) is 2.99. The summed E-state index contributed by atoms with van der Waals surface area (Å²) in [6, 6.07) is 12.5. The molecule has 0 saturated carbocycles. The number of imidazole rings is 1. The molecule has 0 aliphatic heterocycles. The Morgan fingerprint density at radius 3 is 2.64 bits per heavy atom. The molecule has 1 heterocycles. The van der Waals surface area contributed by atoms with Crippen molar-refractivity contribution >= 4 is 22.6 Å². The number of phenolic OH excluding ortho intramolecular Hbond substituents is 1. The fourth-order valence-corrected chi connectivity index (χ4v) is 2.75. The van der Waals surface area contributed by atoms with Crippen molar-refractivity contribution in [2.75, 3.05) is 5.32 Å². The van der Waals surface area contributed by atoms with E-state index in [0.29, 0.717) is 5.69 Å². The van der Waals surface area contributed by atoms with Crippen molar-refractivity contribution in [3.8, 4) is 5.75 Å². The van der Waals surface area contributed by atoms with Gasteiger partial charge in [0.05, 0.1) is 23.0 Å². The average molecular weight is 337 g/mol. The first-order valence-electron chi connectivity index (χ1n) is 8.33.